The molecule has 0 atom stereocenters. The number of halogens is 1. The third-order valence-corrected chi connectivity index (χ3v) is 6.93. The average Bonchev–Trinajstić information content (AvgIpc) is 3.02. The first-order valence-electron chi connectivity index (χ1n) is 9.86. The van der Waals surface area contributed by atoms with E-state index in [1.54, 1.807) is 29.2 Å². The van der Waals surface area contributed by atoms with Gasteiger partial charge in [-0.3, -0.25) is 14.5 Å². The molecule has 9 heteroatoms. The van der Waals surface area contributed by atoms with Crippen molar-refractivity contribution >= 4 is 67.8 Å². The Morgan fingerprint density at radius 3 is 2.59 bits per heavy atom. The third kappa shape index (κ3) is 5.51. The second-order valence-corrected chi connectivity index (χ2v) is 9.62. The van der Waals surface area contributed by atoms with E-state index in [0.717, 1.165) is 21.2 Å². The van der Waals surface area contributed by atoms with E-state index >= 15 is 0 Å². The van der Waals surface area contributed by atoms with Gasteiger partial charge < -0.3 is 14.8 Å². The molecule has 6 nitrogen and oxygen atoms in total. The van der Waals surface area contributed by atoms with Crippen LogP contribution in [0.5, 0.6) is 11.5 Å². The van der Waals surface area contributed by atoms with Crippen molar-refractivity contribution in [3.05, 3.63) is 56.4 Å². The van der Waals surface area contributed by atoms with Crippen LogP contribution in [0.1, 0.15) is 23.6 Å². The molecule has 1 heterocycles. The van der Waals surface area contributed by atoms with Gasteiger partial charge in [-0.1, -0.05) is 30.0 Å². The monoisotopic (exact) mass is 534 g/mol. The molecule has 1 aliphatic heterocycles. The number of amides is 2. The van der Waals surface area contributed by atoms with E-state index in [-0.39, 0.29) is 18.4 Å². The molecule has 3 rings (SSSR count). The number of aryl methyl sites for hydroxylation is 2. The van der Waals surface area contributed by atoms with Crippen LogP contribution in [0.2, 0.25) is 0 Å². The molecule has 168 valence electrons. The molecule has 1 fully saturated rings. The van der Waals surface area contributed by atoms with Crippen molar-refractivity contribution in [2.24, 2.45) is 0 Å². The molecule has 0 unspecified atom stereocenters. The predicted octanol–water partition coefficient (Wildman–Crippen LogP) is 5.31. The van der Waals surface area contributed by atoms with E-state index in [4.69, 9.17) is 21.7 Å². The molecule has 1 N–H and O–H groups in total. The maximum absolute atomic E-state index is 12.4. The summed E-state index contributed by atoms with van der Waals surface area (Å²) in [6, 6.07) is 9.14. The quantitative estimate of drug-likeness (QED) is 0.383. The number of thioether (sulfide) groups is 1. The highest BCUT2D eigenvalue weighted by molar-refractivity contribution is 9.10. The van der Waals surface area contributed by atoms with Crippen LogP contribution in [-0.2, 0) is 9.59 Å². The van der Waals surface area contributed by atoms with Gasteiger partial charge in [0, 0.05) is 11.0 Å². The minimum atomic E-state index is -0.289. The van der Waals surface area contributed by atoms with Crippen LogP contribution in [0.15, 0.2) is 39.7 Å². The highest BCUT2D eigenvalue weighted by Crippen LogP contribution is 2.34. The smallest absolute Gasteiger partial charge is 0.266 e. The minimum Gasteiger partial charge on any atom is -0.493 e. The summed E-state index contributed by atoms with van der Waals surface area (Å²) in [7, 11) is 1.52. The van der Waals surface area contributed by atoms with Gasteiger partial charge in [-0.05, 0) is 83.7 Å². The van der Waals surface area contributed by atoms with Gasteiger partial charge >= 0.3 is 0 Å². The van der Waals surface area contributed by atoms with Gasteiger partial charge in [0.05, 0.1) is 17.7 Å². The molecule has 0 radical (unpaired) electrons. The Hall–Kier alpha value is -2.36. The standard InChI is InChI=1S/C23H23BrN2O4S2/c1-5-26-22(28)20(32-23(26)31)11-15-6-7-18(19(10-15)29-4)30-12-21(27)25-17-9-14(3)13(2)8-16(17)24/h6-11H,5,12H2,1-4H3,(H,25,27)/b20-11+. The molecule has 1 aliphatic rings. The van der Waals surface area contributed by atoms with Crippen LogP contribution in [0.4, 0.5) is 5.69 Å². The van der Waals surface area contributed by atoms with Crippen LogP contribution in [0, 0.1) is 13.8 Å². The molecular weight excluding hydrogens is 512 g/mol. The minimum absolute atomic E-state index is 0.101. The largest absolute Gasteiger partial charge is 0.493 e. The Balaban J connectivity index is 1.69. The molecule has 0 bridgehead atoms. The maximum atomic E-state index is 12.4. The second kappa shape index (κ2) is 10.5. The molecule has 1 saturated heterocycles. The molecule has 0 saturated carbocycles. The van der Waals surface area contributed by atoms with Crippen molar-refractivity contribution < 1.29 is 19.1 Å². The van der Waals surface area contributed by atoms with Crippen molar-refractivity contribution in [3.8, 4) is 11.5 Å². The number of hydrogen-bond acceptors (Lipinski definition) is 6. The number of carbonyl (C=O) groups excluding carboxylic acids is 2. The summed E-state index contributed by atoms with van der Waals surface area (Å²) in [6.45, 7) is 6.25. The first-order chi connectivity index (χ1) is 15.2. The fourth-order valence-corrected chi connectivity index (χ4v) is 4.96. The number of thiocarbonyl (C=S) groups is 1. The normalized spacial score (nSPS) is 14.8. The zero-order valence-corrected chi connectivity index (χ0v) is 21.4. The van der Waals surface area contributed by atoms with Crippen LogP contribution in [-0.4, -0.2) is 41.3 Å². The first-order valence-corrected chi connectivity index (χ1v) is 11.9. The summed E-state index contributed by atoms with van der Waals surface area (Å²) in [5.74, 6) is 0.504. The zero-order chi connectivity index (χ0) is 23.4. The van der Waals surface area contributed by atoms with Gasteiger partial charge in [0.1, 0.15) is 4.32 Å². The van der Waals surface area contributed by atoms with E-state index in [0.29, 0.717) is 33.0 Å². The van der Waals surface area contributed by atoms with Crippen molar-refractivity contribution in [1.82, 2.24) is 4.90 Å². The lowest BCUT2D eigenvalue weighted by Crippen LogP contribution is -2.27. The highest BCUT2D eigenvalue weighted by Gasteiger charge is 2.30. The molecule has 0 aromatic heterocycles. The fourth-order valence-electron chi connectivity index (χ4n) is 3.02. The molecule has 0 aliphatic carbocycles. The Bertz CT molecular complexity index is 1120. The number of rotatable bonds is 7. The van der Waals surface area contributed by atoms with Gasteiger partial charge in [0.15, 0.2) is 18.1 Å². The van der Waals surface area contributed by atoms with Crippen LogP contribution in [0.3, 0.4) is 0 Å². The molecule has 0 spiro atoms. The van der Waals surface area contributed by atoms with E-state index in [2.05, 4.69) is 21.2 Å². The van der Waals surface area contributed by atoms with Crippen LogP contribution in [0.25, 0.3) is 6.08 Å². The number of nitrogens with one attached hydrogen (secondary N) is 1. The molecule has 2 amide bonds. The lowest BCUT2D eigenvalue weighted by molar-refractivity contribution is -0.122. The molecular formula is C23H23BrN2O4S2. The number of nitrogens with zero attached hydrogens (tertiary/aromatic N) is 1. The molecule has 2 aromatic carbocycles. The van der Waals surface area contributed by atoms with E-state index in [1.165, 1.54) is 18.9 Å². The van der Waals surface area contributed by atoms with Gasteiger partial charge in [-0.2, -0.15) is 0 Å². The van der Waals surface area contributed by atoms with Gasteiger partial charge in [0.25, 0.3) is 11.8 Å². The van der Waals surface area contributed by atoms with Gasteiger partial charge in [-0.15, -0.1) is 0 Å². The number of benzene rings is 2. The van der Waals surface area contributed by atoms with Crippen LogP contribution < -0.4 is 14.8 Å². The van der Waals surface area contributed by atoms with Gasteiger partial charge in [-0.25, -0.2) is 0 Å². The molecule has 2 aromatic rings. The summed E-state index contributed by atoms with van der Waals surface area (Å²) in [5.41, 5.74) is 3.67. The Morgan fingerprint density at radius 1 is 1.22 bits per heavy atom. The van der Waals surface area contributed by atoms with Crippen molar-refractivity contribution in [2.45, 2.75) is 20.8 Å². The Labute approximate surface area is 205 Å². The van der Waals surface area contributed by atoms with Crippen molar-refractivity contribution in [1.29, 1.82) is 0 Å². The number of hydrogen-bond donors (Lipinski definition) is 1. The Kier molecular flexibility index (Phi) is 7.97. The predicted molar refractivity (Wildman–Crippen MR) is 136 cm³/mol. The number of likely N-dealkylation sites (N-methyl/N-ethyl adjacent to an activating group) is 1. The lowest BCUT2D eigenvalue weighted by atomic mass is 10.1. The first kappa shape index (κ1) is 24.3. The number of anilines is 1. The Morgan fingerprint density at radius 2 is 1.94 bits per heavy atom. The SMILES string of the molecule is CCN1C(=O)/C(=C\c2ccc(OCC(=O)Nc3cc(C)c(C)cc3Br)c(OC)c2)SC1=S. The maximum Gasteiger partial charge on any atom is 0.266 e. The third-order valence-electron chi connectivity index (χ3n) is 4.89. The fraction of sp³-hybridized carbons (Fsp3) is 0.261. The number of methoxy groups -OCH3 is 1. The lowest BCUT2D eigenvalue weighted by Gasteiger charge is -2.13. The average molecular weight is 535 g/mol. The van der Waals surface area contributed by atoms with E-state index in [1.807, 2.05) is 32.9 Å². The second-order valence-electron chi connectivity index (χ2n) is 7.09. The van der Waals surface area contributed by atoms with Crippen molar-refractivity contribution in [3.63, 3.8) is 0 Å². The summed E-state index contributed by atoms with van der Waals surface area (Å²) < 4.78 is 12.5. The summed E-state index contributed by atoms with van der Waals surface area (Å²) in [5, 5.41) is 2.85. The van der Waals surface area contributed by atoms with Gasteiger partial charge in [0.2, 0.25) is 0 Å². The van der Waals surface area contributed by atoms with E-state index in [9.17, 15) is 9.59 Å². The van der Waals surface area contributed by atoms with Crippen molar-refractivity contribution in [2.75, 3.05) is 25.6 Å². The van der Waals surface area contributed by atoms with E-state index < -0.39 is 0 Å². The summed E-state index contributed by atoms with van der Waals surface area (Å²) >= 11 is 10.00. The summed E-state index contributed by atoms with van der Waals surface area (Å²) in [6.07, 6.45) is 1.77. The highest BCUT2D eigenvalue weighted by atomic mass is 79.9. The number of ether oxygens (including phenoxy) is 2. The summed E-state index contributed by atoms with van der Waals surface area (Å²) in [4.78, 5) is 26.9. The molecule has 32 heavy (non-hydrogen) atoms. The zero-order valence-electron chi connectivity index (χ0n) is 18.2. The topological polar surface area (TPSA) is 67.9 Å². The number of carbonyl (C=O) groups is 2. The van der Waals surface area contributed by atoms with Crippen LogP contribution >= 0.6 is 39.9 Å².